The van der Waals surface area contributed by atoms with Crippen molar-refractivity contribution in [1.82, 2.24) is 9.47 Å². The number of Topliss-reactive ketones (excluding diaryl/α,β-unsaturated/α-hetero) is 1. The smallest absolute Gasteiger partial charge is 0.163 e. The first kappa shape index (κ1) is 19.6. The monoisotopic (exact) mass is 394 g/mol. The fourth-order valence-corrected chi connectivity index (χ4v) is 4.36. The quantitative estimate of drug-likeness (QED) is 0.555. The van der Waals surface area contributed by atoms with Gasteiger partial charge in [-0.05, 0) is 73.3 Å². The Morgan fingerprint density at radius 3 is 2.76 bits per heavy atom. The highest BCUT2D eigenvalue weighted by Crippen LogP contribution is 2.27. The zero-order valence-corrected chi connectivity index (χ0v) is 17.0. The summed E-state index contributed by atoms with van der Waals surface area (Å²) in [5.74, 6) is 1.06. The van der Waals surface area contributed by atoms with Crippen molar-refractivity contribution in [1.29, 1.82) is 0 Å². The number of nitrogens with zero attached hydrogens (tertiary/aromatic N) is 2. The van der Waals surface area contributed by atoms with Gasteiger partial charge in [-0.1, -0.05) is 0 Å². The van der Waals surface area contributed by atoms with Gasteiger partial charge >= 0.3 is 0 Å². The Hall–Kier alpha value is -2.66. The summed E-state index contributed by atoms with van der Waals surface area (Å²) in [6, 6.07) is 12.1. The van der Waals surface area contributed by atoms with E-state index in [9.17, 15) is 9.18 Å². The molecular weight excluding hydrogens is 367 g/mol. The number of hydrogen-bond acceptors (Lipinski definition) is 3. The Morgan fingerprint density at radius 1 is 1.21 bits per heavy atom. The molecule has 0 N–H and O–H groups in total. The topological polar surface area (TPSA) is 34.5 Å². The van der Waals surface area contributed by atoms with Gasteiger partial charge in [-0.15, -0.1) is 0 Å². The van der Waals surface area contributed by atoms with E-state index in [4.69, 9.17) is 4.74 Å². The van der Waals surface area contributed by atoms with Crippen LogP contribution in [-0.2, 0) is 13.5 Å². The highest BCUT2D eigenvalue weighted by Gasteiger charge is 2.25. The Bertz CT molecular complexity index is 1010. The molecule has 1 aliphatic rings. The third-order valence-corrected chi connectivity index (χ3v) is 5.99. The van der Waals surface area contributed by atoms with Crippen LogP contribution in [0, 0.1) is 11.7 Å². The third-order valence-electron chi connectivity index (χ3n) is 5.99. The molecule has 4 nitrogen and oxygen atoms in total. The molecule has 4 rings (SSSR count). The number of halogens is 1. The Kier molecular flexibility index (Phi) is 5.67. The second-order valence-corrected chi connectivity index (χ2v) is 7.99. The van der Waals surface area contributed by atoms with Crippen molar-refractivity contribution in [3.8, 4) is 5.75 Å². The molecular formula is C24H27FN2O2. The third kappa shape index (κ3) is 4.35. The summed E-state index contributed by atoms with van der Waals surface area (Å²) in [5, 5.41) is 1.24. The van der Waals surface area contributed by atoms with Crippen LogP contribution < -0.4 is 4.74 Å². The number of ketones is 1. The highest BCUT2D eigenvalue weighted by molar-refractivity contribution is 5.96. The van der Waals surface area contributed by atoms with Gasteiger partial charge in [-0.2, -0.15) is 0 Å². The number of benzene rings is 2. The second kappa shape index (κ2) is 8.37. The zero-order chi connectivity index (χ0) is 20.4. The van der Waals surface area contributed by atoms with E-state index in [-0.39, 0.29) is 11.6 Å². The molecule has 0 bridgehead atoms. The summed E-state index contributed by atoms with van der Waals surface area (Å²) in [6.07, 6.45) is 4.75. The minimum Gasteiger partial charge on any atom is -0.497 e. The van der Waals surface area contributed by atoms with Crippen LogP contribution in [0.25, 0.3) is 10.9 Å². The molecule has 0 amide bonds. The lowest BCUT2D eigenvalue weighted by molar-refractivity contribution is 0.0962. The lowest BCUT2D eigenvalue weighted by Gasteiger charge is -2.15. The molecule has 29 heavy (non-hydrogen) atoms. The number of aryl methyl sites for hydroxylation is 1. The van der Waals surface area contributed by atoms with Crippen molar-refractivity contribution in [2.24, 2.45) is 13.0 Å². The molecule has 2 aromatic carbocycles. The number of rotatable bonds is 7. The number of hydrogen-bond donors (Lipinski definition) is 0. The lowest BCUT2D eigenvalue weighted by atomic mass is 9.97. The average molecular weight is 394 g/mol. The standard InChI is InChI=1S/C24H27FN2O2/c1-26-16-19(22-14-21(29-2)7-8-23(22)26)10-12-27-11-9-17(15-27)13-24(28)18-3-5-20(25)6-4-18/h3-8,14,16-17H,9-13,15H2,1-2H3. The van der Waals surface area contributed by atoms with Gasteiger partial charge in [0.15, 0.2) is 5.78 Å². The number of ether oxygens (including phenoxy) is 1. The minimum absolute atomic E-state index is 0.109. The van der Waals surface area contributed by atoms with Gasteiger partial charge in [0.1, 0.15) is 11.6 Å². The SMILES string of the molecule is COc1ccc2c(c1)c(CCN1CCC(CC(=O)c3ccc(F)cc3)C1)cn2C. The van der Waals surface area contributed by atoms with Crippen molar-refractivity contribution in [2.45, 2.75) is 19.3 Å². The normalized spacial score (nSPS) is 17.1. The summed E-state index contributed by atoms with van der Waals surface area (Å²) in [7, 11) is 3.77. The molecule has 5 heteroatoms. The summed E-state index contributed by atoms with van der Waals surface area (Å²) in [6.45, 7) is 2.95. The van der Waals surface area contributed by atoms with Crippen molar-refractivity contribution in [3.05, 3.63) is 65.6 Å². The van der Waals surface area contributed by atoms with Gasteiger partial charge in [-0.25, -0.2) is 4.39 Å². The largest absolute Gasteiger partial charge is 0.497 e. The van der Waals surface area contributed by atoms with Crippen molar-refractivity contribution in [3.63, 3.8) is 0 Å². The number of likely N-dealkylation sites (tertiary alicyclic amines) is 1. The van der Waals surface area contributed by atoms with Crippen LogP contribution in [0.5, 0.6) is 5.75 Å². The van der Waals surface area contributed by atoms with E-state index < -0.39 is 0 Å². The van der Waals surface area contributed by atoms with E-state index in [1.165, 1.54) is 28.6 Å². The molecule has 0 radical (unpaired) electrons. The Morgan fingerprint density at radius 2 is 2.00 bits per heavy atom. The van der Waals surface area contributed by atoms with Crippen molar-refractivity contribution < 1.29 is 13.9 Å². The number of carbonyl (C=O) groups is 1. The van der Waals surface area contributed by atoms with E-state index in [2.05, 4.69) is 34.8 Å². The molecule has 0 spiro atoms. The summed E-state index contributed by atoms with van der Waals surface area (Å²) < 4.78 is 20.6. The molecule has 1 fully saturated rings. The fraction of sp³-hybridized carbons (Fsp3) is 0.375. The maximum atomic E-state index is 13.0. The van der Waals surface area contributed by atoms with E-state index in [0.717, 1.165) is 38.2 Å². The molecule has 0 saturated carbocycles. The van der Waals surface area contributed by atoms with Gasteiger partial charge in [0, 0.05) is 49.2 Å². The average Bonchev–Trinajstić information content (AvgIpc) is 3.30. The second-order valence-electron chi connectivity index (χ2n) is 7.99. The summed E-state index contributed by atoms with van der Waals surface area (Å²) >= 11 is 0. The number of carbonyl (C=O) groups excluding carboxylic acids is 1. The van der Waals surface area contributed by atoms with Crippen molar-refractivity contribution in [2.75, 3.05) is 26.7 Å². The first-order valence-corrected chi connectivity index (χ1v) is 10.2. The minimum atomic E-state index is -0.306. The molecule has 3 aromatic rings. The van der Waals surface area contributed by atoms with Crippen LogP contribution in [0.15, 0.2) is 48.7 Å². The van der Waals surface area contributed by atoms with Crippen LogP contribution in [0.1, 0.15) is 28.8 Å². The predicted molar refractivity (Wildman–Crippen MR) is 113 cm³/mol. The molecule has 152 valence electrons. The maximum absolute atomic E-state index is 13.0. The van der Waals surface area contributed by atoms with Gasteiger partial charge in [0.25, 0.3) is 0 Å². The Balaban J connectivity index is 1.34. The summed E-state index contributed by atoms with van der Waals surface area (Å²) in [5.41, 5.74) is 3.15. The maximum Gasteiger partial charge on any atom is 0.163 e. The van der Waals surface area contributed by atoms with Gasteiger partial charge in [-0.3, -0.25) is 4.79 Å². The van der Waals surface area contributed by atoms with Gasteiger partial charge in [0.2, 0.25) is 0 Å². The highest BCUT2D eigenvalue weighted by atomic mass is 19.1. The van der Waals surface area contributed by atoms with Gasteiger partial charge < -0.3 is 14.2 Å². The van der Waals surface area contributed by atoms with E-state index in [1.807, 2.05) is 6.07 Å². The molecule has 1 aromatic heterocycles. The number of methoxy groups -OCH3 is 1. The Labute approximate surface area is 170 Å². The van der Waals surface area contributed by atoms with Crippen LogP contribution >= 0.6 is 0 Å². The number of aromatic nitrogens is 1. The van der Waals surface area contributed by atoms with Gasteiger partial charge in [0.05, 0.1) is 7.11 Å². The molecule has 1 saturated heterocycles. The van der Waals surface area contributed by atoms with Crippen LogP contribution in [0.4, 0.5) is 4.39 Å². The van der Waals surface area contributed by atoms with Crippen LogP contribution in [0.2, 0.25) is 0 Å². The first-order valence-electron chi connectivity index (χ1n) is 10.2. The fourth-order valence-electron chi connectivity index (χ4n) is 4.36. The zero-order valence-electron chi connectivity index (χ0n) is 17.0. The molecule has 2 heterocycles. The molecule has 1 unspecified atom stereocenters. The van der Waals surface area contributed by atoms with Crippen LogP contribution in [-0.4, -0.2) is 42.0 Å². The van der Waals surface area contributed by atoms with Crippen LogP contribution in [0.3, 0.4) is 0 Å². The summed E-state index contributed by atoms with van der Waals surface area (Å²) in [4.78, 5) is 14.9. The molecule has 0 aliphatic carbocycles. The van der Waals surface area contributed by atoms with E-state index in [0.29, 0.717) is 17.9 Å². The van der Waals surface area contributed by atoms with E-state index >= 15 is 0 Å². The van der Waals surface area contributed by atoms with E-state index in [1.54, 1.807) is 19.2 Å². The first-order chi connectivity index (χ1) is 14.0. The number of fused-ring (bicyclic) bond motifs is 1. The molecule has 1 atom stereocenters. The predicted octanol–water partition coefficient (Wildman–Crippen LogP) is 4.46. The lowest BCUT2D eigenvalue weighted by Crippen LogP contribution is -2.24. The molecule has 1 aliphatic heterocycles. The van der Waals surface area contributed by atoms with Crippen molar-refractivity contribution >= 4 is 16.7 Å².